The molecule has 4 aromatic rings. The third-order valence-electron chi connectivity index (χ3n) is 5.34. The fraction of sp³-hybridized carbons (Fsp3) is 0.160. The van der Waals surface area contributed by atoms with E-state index >= 15 is 0 Å². The maximum absolute atomic E-state index is 13.2. The summed E-state index contributed by atoms with van der Waals surface area (Å²) in [5.41, 5.74) is 4.98. The predicted octanol–water partition coefficient (Wildman–Crippen LogP) is 6.03. The van der Waals surface area contributed by atoms with Crippen molar-refractivity contribution in [2.75, 3.05) is 7.11 Å². The normalized spacial score (nSPS) is 11.5. The monoisotopic (exact) mass is 437 g/mol. The van der Waals surface area contributed by atoms with E-state index in [2.05, 4.69) is 16.9 Å². The number of hydrogen-bond acceptors (Lipinski definition) is 3. The van der Waals surface area contributed by atoms with Crippen LogP contribution in [0.4, 0.5) is 13.2 Å². The van der Waals surface area contributed by atoms with Gasteiger partial charge in [0.1, 0.15) is 5.75 Å². The molecule has 1 heterocycles. The van der Waals surface area contributed by atoms with Crippen molar-refractivity contribution in [2.24, 2.45) is 7.05 Å². The highest BCUT2D eigenvalue weighted by molar-refractivity contribution is 5.84. The summed E-state index contributed by atoms with van der Waals surface area (Å²) in [5.74, 6) is -0.295. The molecule has 0 atom stereocenters. The van der Waals surface area contributed by atoms with E-state index in [0.29, 0.717) is 17.8 Å². The minimum absolute atomic E-state index is 0.278. The van der Waals surface area contributed by atoms with Crippen LogP contribution in [0.3, 0.4) is 0 Å². The molecule has 7 heteroatoms. The van der Waals surface area contributed by atoms with Gasteiger partial charge in [-0.15, -0.1) is 0 Å². The van der Waals surface area contributed by atoms with Crippen molar-refractivity contribution in [1.29, 1.82) is 0 Å². The van der Waals surface area contributed by atoms with Gasteiger partial charge in [-0.05, 0) is 41.0 Å². The number of nitrogens with zero attached hydrogens (tertiary/aromatic N) is 2. The Balaban J connectivity index is 1.65. The van der Waals surface area contributed by atoms with Gasteiger partial charge in [0.2, 0.25) is 5.82 Å². The number of imidazole rings is 1. The van der Waals surface area contributed by atoms with Crippen molar-refractivity contribution in [1.82, 2.24) is 14.9 Å². The van der Waals surface area contributed by atoms with Gasteiger partial charge in [-0.1, -0.05) is 49.0 Å². The van der Waals surface area contributed by atoms with Crippen LogP contribution in [0.5, 0.6) is 5.75 Å². The van der Waals surface area contributed by atoms with Crippen LogP contribution in [-0.2, 0) is 19.8 Å². The molecule has 1 aromatic heterocycles. The molecule has 32 heavy (non-hydrogen) atoms. The molecule has 0 fully saturated rings. The van der Waals surface area contributed by atoms with Crippen LogP contribution in [0.2, 0.25) is 0 Å². The number of alkyl halides is 3. The fourth-order valence-electron chi connectivity index (χ4n) is 3.66. The molecular formula is C25H22F3N3O. The zero-order valence-corrected chi connectivity index (χ0v) is 17.7. The van der Waals surface area contributed by atoms with E-state index in [1.807, 2.05) is 48.5 Å². The second kappa shape index (κ2) is 8.42. The molecule has 0 amide bonds. The number of aryl methyl sites for hydroxylation is 1. The largest absolute Gasteiger partial charge is 0.496 e. The third kappa shape index (κ3) is 4.19. The molecule has 4 rings (SSSR count). The first-order chi connectivity index (χ1) is 15.3. The van der Waals surface area contributed by atoms with Gasteiger partial charge in [0, 0.05) is 24.9 Å². The zero-order chi connectivity index (χ0) is 22.9. The molecular weight excluding hydrogens is 415 g/mol. The van der Waals surface area contributed by atoms with Gasteiger partial charge >= 0.3 is 6.18 Å². The Bertz CT molecular complexity index is 1280. The molecule has 0 bridgehead atoms. The van der Waals surface area contributed by atoms with E-state index < -0.39 is 12.0 Å². The first-order valence-electron chi connectivity index (χ1n) is 9.97. The Kier molecular flexibility index (Phi) is 5.65. The summed E-state index contributed by atoms with van der Waals surface area (Å²) >= 11 is 0. The average Bonchev–Trinajstić information content (AvgIpc) is 3.14. The summed E-state index contributed by atoms with van der Waals surface area (Å²) < 4.78 is 46.3. The van der Waals surface area contributed by atoms with Crippen LogP contribution in [0.15, 0.2) is 73.3 Å². The van der Waals surface area contributed by atoms with Crippen molar-refractivity contribution in [3.05, 3.63) is 90.3 Å². The van der Waals surface area contributed by atoms with Crippen molar-refractivity contribution in [3.63, 3.8) is 0 Å². The van der Waals surface area contributed by atoms with Crippen LogP contribution in [0.1, 0.15) is 17.0 Å². The van der Waals surface area contributed by atoms with Gasteiger partial charge in [-0.3, -0.25) is 0 Å². The van der Waals surface area contributed by atoms with E-state index in [0.717, 1.165) is 32.5 Å². The molecule has 0 saturated carbocycles. The minimum Gasteiger partial charge on any atom is -0.496 e. The molecule has 1 N–H and O–H groups in total. The molecule has 4 nitrogen and oxygen atoms in total. The standard InChI is InChI=1S/C25H22F3N3O/c1-16(18-7-5-4-6-8-18)29-15-17-9-12-23(32-3)20(13-17)19-10-11-22-21(14-19)30-24(31(22)2)25(26,27)28/h4-14,29H,1,15H2,2-3H3. The van der Waals surface area contributed by atoms with E-state index in [4.69, 9.17) is 4.74 Å². The van der Waals surface area contributed by atoms with Gasteiger partial charge in [-0.2, -0.15) is 13.2 Å². The summed E-state index contributed by atoms with van der Waals surface area (Å²) in [6.45, 7) is 4.62. The van der Waals surface area contributed by atoms with Crippen molar-refractivity contribution < 1.29 is 17.9 Å². The SMILES string of the molecule is C=C(NCc1ccc(OC)c(-c2ccc3c(c2)nc(C(F)(F)F)n3C)c1)c1ccccc1. The molecule has 0 spiro atoms. The van der Waals surface area contributed by atoms with Gasteiger partial charge in [0.25, 0.3) is 0 Å². The highest BCUT2D eigenvalue weighted by Crippen LogP contribution is 2.35. The number of hydrogen-bond donors (Lipinski definition) is 1. The van der Waals surface area contributed by atoms with Crippen LogP contribution >= 0.6 is 0 Å². The van der Waals surface area contributed by atoms with Crippen molar-refractivity contribution in [3.8, 4) is 16.9 Å². The molecule has 0 aliphatic rings. The van der Waals surface area contributed by atoms with Gasteiger partial charge < -0.3 is 14.6 Å². The molecule has 0 radical (unpaired) electrons. The molecule has 0 saturated heterocycles. The van der Waals surface area contributed by atoms with E-state index in [-0.39, 0.29) is 5.52 Å². The fourth-order valence-corrected chi connectivity index (χ4v) is 3.66. The topological polar surface area (TPSA) is 39.1 Å². The molecule has 0 aliphatic heterocycles. The second-order valence-corrected chi connectivity index (χ2v) is 7.43. The molecule has 0 aliphatic carbocycles. The van der Waals surface area contributed by atoms with Crippen LogP contribution in [-0.4, -0.2) is 16.7 Å². The third-order valence-corrected chi connectivity index (χ3v) is 5.34. The first kappa shape index (κ1) is 21.5. The number of aromatic nitrogens is 2. The summed E-state index contributed by atoms with van der Waals surface area (Å²) in [4.78, 5) is 3.81. The molecule has 164 valence electrons. The van der Waals surface area contributed by atoms with E-state index in [1.165, 1.54) is 7.05 Å². The summed E-state index contributed by atoms with van der Waals surface area (Å²) in [6.07, 6.45) is -4.52. The lowest BCUT2D eigenvalue weighted by atomic mass is 10.0. The zero-order valence-electron chi connectivity index (χ0n) is 17.7. The number of halogens is 3. The Morgan fingerprint density at radius 1 is 1.06 bits per heavy atom. The Morgan fingerprint density at radius 2 is 1.81 bits per heavy atom. The number of benzene rings is 3. The number of methoxy groups -OCH3 is 1. The van der Waals surface area contributed by atoms with E-state index in [9.17, 15) is 13.2 Å². The highest BCUT2D eigenvalue weighted by atomic mass is 19.4. The number of fused-ring (bicyclic) bond motifs is 1. The molecule has 3 aromatic carbocycles. The quantitative estimate of drug-likeness (QED) is 0.400. The number of nitrogens with one attached hydrogen (secondary N) is 1. The summed E-state index contributed by atoms with van der Waals surface area (Å²) in [6, 6.07) is 20.6. The summed E-state index contributed by atoms with van der Waals surface area (Å²) in [7, 11) is 2.93. The maximum Gasteiger partial charge on any atom is 0.449 e. The number of rotatable bonds is 6. The van der Waals surface area contributed by atoms with Crippen LogP contribution in [0, 0.1) is 0 Å². The smallest absolute Gasteiger partial charge is 0.449 e. The number of ether oxygens (including phenoxy) is 1. The lowest BCUT2D eigenvalue weighted by Crippen LogP contribution is -2.12. The van der Waals surface area contributed by atoms with Crippen LogP contribution < -0.4 is 10.1 Å². The highest BCUT2D eigenvalue weighted by Gasteiger charge is 2.36. The Labute approximate surface area is 184 Å². The predicted molar refractivity (Wildman–Crippen MR) is 120 cm³/mol. The Hall–Kier alpha value is -3.74. The molecule has 0 unspecified atom stereocenters. The van der Waals surface area contributed by atoms with E-state index in [1.54, 1.807) is 25.3 Å². The van der Waals surface area contributed by atoms with Gasteiger partial charge in [0.05, 0.1) is 18.1 Å². The lowest BCUT2D eigenvalue weighted by Gasteiger charge is -2.14. The maximum atomic E-state index is 13.2. The average molecular weight is 437 g/mol. The van der Waals surface area contributed by atoms with Crippen molar-refractivity contribution in [2.45, 2.75) is 12.7 Å². The van der Waals surface area contributed by atoms with Crippen molar-refractivity contribution >= 4 is 16.7 Å². The van der Waals surface area contributed by atoms with Crippen LogP contribution in [0.25, 0.3) is 27.9 Å². The lowest BCUT2D eigenvalue weighted by molar-refractivity contribution is -0.146. The van der Waals surface area contributed by atoms with Gasteiger partial charge in [-0.25, -0.2) is 4.98 Å². The minimum atomic E-state index is -4.52. The van der Waals surface area contributed by atoms with Gasteiger partial charge in [0.15, 0.2) is 0 Å². The second-order valence-electron chi connectivity index (χ2n) is 7.43. The first-order valence-corrected chi connectivity index (χ1v) is 9.97. The summed E-state index contributed by atoms with van der Waals surface area (Å²) in [5, 5.41) is 3.31. The Morgan fingerprint density at radius 3 is 2.50 bits per heavy atom.